The predicted octanol–water partition coefficient (Wildman–Crippen LogP) is 2.60. The molecular weight excluding hydrogens is 222 g/mol. The van der Waals surface area contributed by atoms with Crippen molar-refractivity contribution in [2.75, 3.05) is 13.1 Å². The summed E-state index contributed by atoms with van der Waals surface area (Å²) in [6, 6.07) is 8.44. The van der Waals surface area contributed by atoms with Crippen molar-refractivity contribution in [2.45, 2.75) is 31.6 Å². The molecule has 1 aromatic heterocycles. The summed E-state index contributed by atoms with van der Waals surface area (Å²) < 4.78 is 2.30. The molecule has 1 N–H and O–H groups in total. The molecule has 96 valence electrons. The maximum atomic E-state index is 4.91. The first-order valence-electron chi connectivity index (χ1n) is 6.89. The van der Waals surface area contributed by atoms with Crippen LogP contribution < -0.4 is 5.32 Å². The zero-order valence-corrected chi connectivity index (χ0v) is 11.2. The van der Waals surface area contributed by atoms with E-state index in [1.54, 1.807) is 0 Å². The van der Waals surface area contributed by atoms with E-state index in [0.717, 1.165) is 18.6 Å². The second-order valence-electron chi connectivity index (χ2n) is 5.37. The number of hydrogen-bond donors (Lipinski definition) is 1. The molecule has 0 atom stereocenters. The fraction of sp³-hybridized carbons (Fsp3) is 0.533. The summed E-state index contributed by atoms with van der Waals surface area (Å²) in [5, 5.41) is 3.46. The van der Waals surface area contributed by atoms with Gasteiger partial charge in [-0.1, -0.05) is 19.1 Å². The Bertz CT molecular complexity index is 550. The monoisotopic (exact) mass is 243 g/mol. The van der Waals surface area contributed by atoms with Gasteiger partial charge >= 0.3 is 0 Å². The van der Waals surface area contributed by atoms with Gasteiger partial charge in [0.1, 0.15) is 5.82 Å². The van der Waals surface area contributed by atoms with Crippen LogP contribution in [0.5, 0.6) is 0 Å². The predicted molar refractivity (Wildman–Crippen MR) is 74.8 cm³/mol. The molecule has 0 aliphatic carbocycles. The average Bonchev–Trinajstić information content (AvgIpc) is 2.78. The third kappa shape index (κ3) is 1.65. The Morgan fingerprint density at radius 3 is 2.67 bits per heavy atom. The molecule has 1 fully saturated rings. The van der Waals surface area contributed by atoms with Gasteiger partial charge in [0.2, 0.25) is 0 Å². The van der Waals surface area contributed by atoms with Crippen molar-refractivity contribution in [3.63, 3.8) is 0 Å². The first kappa shape index (κ1) is 11.7. The molecule has 0 amide bonds. The minimum Gasteiger partial charge on any atom is -0.331 e. The van der Waals surface area contributed by atoms with Crippen LogP contribution in [0.1, 0.15) is 32.0 Å². The Morgan fingerprint density at radius 2 is 2.00 bits per heavy atom. The van der Waals surface area contributed by atoms with Gasteiger partial charge in [0.25, 0.3) is 0 Å². The standard InChI is InChI=1S/C15H21N3/c1-3-15(8-10-16-11-9-15)14-17-12-6-4-5-7-13(12)18(14)2/h4-7,16H,3,8-11H2,1-2H3. The topological polar surface area (TPSA) is 29.9 Å². The molecular formula is C15H21N3. The Labute approximate surface area is 108 Å². The van der Waals surface area contributed by atoms with Gasteiger partial charge in [-0.2, -0.15) is 0 Å². The third-order valence-corrected chi connectivity index (χ3v) is 4.50. The van der Waals surface area contributed by atoms with E-state index in [1.165, 1.54) is 30.6 Å². The van der Waals surface area contributed by atoms with Crippen molar-refractivity contribution in [1.82, 2.24) is 14.9 Å². The quantitative estimate of drug-likeness (QED) is 0.878. The van der Waals surface area contributed by atoms with E-state index in [-0.39, 0.29) is 5.41 Å². The van der Waals surface area contributed by atoms with Gasteiger partial charge in [-0.3, -0.25) is 0 Å². The second kappa shape index (κ2) is 4.39. The van der Waals surface area contributed by atoms with E-state index in [4.69, 9.17) is 4.98 Å². The van der Waals surface area contributed by atoms with E-state index in [2.05, 4.69) is 48.1 Å². The fourth-order valence-corrected chi connectivity index (χ4v) is 3.26. The lowest BCUT2D eigenvalue weighted by molar-refractivity contribution is 0.277. The number of hydrogen-bond acceptors (Lipinski definition) is 2. The van der Waals surface area contributed by atoms with E-state index < -0.39 is 0 Å². The first-order valence-corrected chi connectivity index (χ1v) is 6.89. The minimum atomic E-state index is 0.263. The number of fused-ring (bicyclic) bond motifs is 1. The summed E-state index contributed by atoms with van der Waals surface area (Å²) in [5.74, 6) is 1.27. The second-order valence-corrected chi connectivity index (χ2v) is 5.37. The van der Waals surface area contributed by atoms with Gasteiger partial charge in [-0.25, -0.2) is 4.98 Å². The summed E-state index contributed by atoms with van der Waals surface area (Å²) in [5.41, 5.74) is 2.64. The highest BCUT2D eigenvalue weighted by atomic mass is 15.1. The number of piperidine rings is 1. The largest absolute Gasteiger partial charge is 0.331 e. The highest BCUT2D eigenvalue weighted by Gasteiger charge is 2.36. The number of nitrogens with one attached hydrogen (secondary N) is 1. The third-order valence-electron chi connectivity index (χ3n) is 4.50. The molecule has 0 unspecified atom stereocenters. The average molecular weight is 243 g/mol. The summed E-state index contributed by atoms with van der Waals surface area (Å²) in [7, 11) is 2.16. The van der Waals surface area contributed by atoms with E-state index >= 15 is 0 Å². The molecule has 3 rings (SSSR count). The van der Waals surface area contributed by atoms with Crippen LogP contribution in [0.3, 0.4) is 0 Å². The summed E-state index contributed by atoms with van der Waals surface area (Å²) >= 11 is 0. The summed E-state index contributed by atoms with van der Waals surface area (Å²) in [6.45, 7) is 4.51. The van der Waals surface area contributed by atoms with Crippen molar-refractivity contribution >= 4 is 11.0 Å². The molecule has 1 aliphatic heterocycles. The zero-order chi connectivity index (χ0) is 12.6. The molecule has 2 heterocycles. The van der Waals surface area contributed by atoms with Crippen LogP contribution in [0.2, 0.25) is 0 Å². The van der Waals surface area contributed by atoms with Crippen molar-refractivity contribution in [2.24, 2.45) is 7.05 Å². The Morgan fingerprint density at radius 1 is 1.28 bits per heavy atom. The Kier molecular flexibility index (Phi) is 2.86. The molecule has 3 heteroatoms. The van der Waals surface area contributed by atoms with Crippen LogP contribution in [0.25, 0.3) is 11.0 Å². The van der Waals surface area contributed by atoms with Gasteiger partial charge in [-0.15, -0.1) is 0 Å². The molecule has 0 spiro atoms. The maximum absolute atomic E-state index is 4.91. The normalized spacial score (nSPS) is 19.2. The van der Waals surface area contributed by atoms with Crippen molar-refractivity contribution in [3.8, 4) is 0 Å². The smallest absolute Gasteiger partial charge is 0.115 e. The lowest BCUT2D eigenvalue weighted by Crippen LogP contribution is -2.41. The number of benzene rings is 1. The van der Waals surface area contributed by atoms with Crippen LogP contribution in [0.4, 0.5) is 0 Å². The molecule has 1 aromatic carbocycles. The van der Waals surface area contributed by atoms with Crippen molar-refractivity contribution in [3.05, 3.63) is 30.1 Å². The SMILES string of the molecule is CCC1(c2nc3ccccc3n2C)CCNCC1. The van der Waals surface area contributed by atoms with Crippen molar-refractivity contribution in [1.29, 1.82) is 0 Å². The Balaban J connectivity index is 2.14. The minimum absolute atomic E-state index is 0.263. The van der Waals surface area contributed by atoms with Gasteiger partial charge in [-0.05, 0) is 44.5 Å². The van der Waals surface area contributed by atoms with Crippen LogP contribution in [0, 0.1) is 0 Å². The lowest BCUT2D eigenvalue weighted by Gasteiger charge is -2.36. The fourth-order valence-electron chi connectivity index (χ4n) is 3.26. The van der Waals surface area contributed by atoms with Crippen LogP contribution in [0.15, 0.2) is 24.3 Å². The molecule has 1 saturated heterocycles. The van der Waals surface area contributed by atoms with Crippen molar-refractivity contribution < 1.29 is 0 Å². The van der Waals surface area contributed by atoms with Crippen LogP contribution >= 0.6 is 0 Å². The van der Waals surface area contributed by atoms with E-state index in [9.17, 15) is 0 Å². The number of aryl methyl sites for hydroxylation is 1. The number of aromatic nitrogens is 2. The summed E-state index contributed by atoms with van der Waals surface area (Å²) in [4.78, 5) is 4.91. The zero-order valence-electron chi connectivity index (χ0n) is 11.2. The highest BCUT2D eigenvalue weighted by molar-refractivity contribution is 5.76. The maximum Gasteiger partial charge on any atom is 0.115 e. The van der Waals surface area contributed by atoms with Crippen LogP contribution in [-0.2, 0) is 12.5 Å². The number of nitrogens with zero attached hydrogens (tertiary/aromatic N) is 2. The molecule has 0 bridgehead atoms. The molecule has 1 aliphatic rings. The Hall–Kier alpha value is -1.35. The van der Waals surface area contributed by atoms with Crippen LogP contribution in [-0.4, -0.2) is 22.6 Å². The number of imidazole rings is 1. The van der Waals surface area contributed by atoms with Gasteiger partial charge < -0.3 is 9.88 Å². The molecule has 18 heavy (non-hydrogen) atoms. The number of rotatable bonds is 2. The van der Waals surface area contributed by atoms with E-state index in [0.29, 0.717) is 0 Å². The molecule has 0 radical (unpaired) electrons. The number of para-hydroxylation sites is 2. The lowest BCUT2D eigenvalue weighted by atomic mass is 9.76. The summed E-state index contributed by atoms with van der Waals surface area (Å²) in [6.07, 6.45) is 3.56. The van der Waals surface area contributed by atoms with Gasteiger partial charge in [0, 0.05) is 12.5 Å². The highest BCUT2D eigenvalue weighted by Crippen LogP contribution is 2.37. The van der Waals surface area contributed by atoms with Gasteiger partial charge in [0.05, 0.1) is 11.0 Å². The molecule has 2 aromatic rings. The first-order chi connectivity index (χ1) is 8.77. The molecule has 0 saturated carbocycles. The molecule has 3 nitrogen and oxygen atoms in total. The van der Waals surface area contributed by atoms with Gasteiger partial charge in [0.15, 0.2) is 0 Å². The van der Waals surface area contributed by atoms with E-state index in [1.807, 2.05) is 0 Å².